The Hall–Kier alpha value is -6.63. The van der Waals surface area contributed by atoms with Crippen LogP contribution in [0.3, 0.4) is 0 Å². The molecule has 0 fully saturated rings. The van der Waals surface area contributed by atoms with Crippen LogP contribution in [0, 0.1) is 5.82 Å². The standard InChI is InChI=1S/C31H22FNO.C14H17NSi.C11H9N.Ir/c1-20(21-6-3-2-4-7-21)23-16-17-33-29(18-23)28-9-5-8-27-26-15-12-24(19-30(26)34-31(27)28)22-10-13-25(32)14-11-22;1-16(2,3)13-9-10-14(15-11-13)12-7-5-4-6-8-12;1-2-6-10(7-3-1)11-8-4-5-9-12-11;/h2-20H,1H3;4-11H,1-3H3;1-9H;. The van der Waals surface area contributed by atoms with Gasteiger partial charge in [-0.1, -0.05) is 160 Å². The smallest absolute Gasteiger partial charge is 0.144 e. The predicted octanol–water partition coefficient (Wildman–Crippen LogP) is 14.6. The summed E-state index contributed by atoms with van der Waals surface area (Å²) in [5, 5.41) is 3.52. The van der Waals surface area contributed by atoms with Gasteiger partial charge in [0.25, 0.3) is 0 Å². The minimum absolute atomic E-state index is 0. The largest absolute Gasteiger partial charge is 0.455 e. The van der Waals surface area contributed by atoms with E-state index in [1.54, 1.807) is 12.1 Å². The molecule has 1 unspecified atom stereocenters. The second-order valence-corrected chi connectivity index (χ2v) is 21.3. The molecule has 0 aliphatic heterocycles. The fraction of sp³-hybridized carbons (Fsp3) is 0.0893. The van der Waals surface area contributed by atoms with Gasteiger partial charge in [-0.25, -0.2) is 4.39 Å². The first-order valence-corrected chi connectivity index (χ1v) is 24.4. The van der Waals surface area contributed by atoms with Crippen LogP contribution in [0.25, 0.3) is 66.8 Å². The van der Waals surface area contributed by atoms with Gasteiger partial charge in [-0.3, -0.25) is 15.0 Å². The van der Waals surface area contributed by atoms with E-state index in [9.17, 15) is 4.39 Å². The van der Waals surface area contributed by atoms with E-state index >= 15 is 0 Å². The zero-order chi connectivity index (χ0) is 42.9. The molecule has 0 aliphatic rings. The number of hydrogen-bond donors (Lipinski definition) is 0. The van der Waals surface area contributed by atoms with Crippen molar-refractivity contribution in [2.75, 3.05) is 0 Å². The average Bonchev–Trinajstić information content (AvgIpc) is 3.71. The minimum Gasteiger partial charge on any atom is -0.455 e. The molecule has 313 valence electrons. The quantitative estimate of drug-likeness (QED) is 0.149. The number of fused-ring (bicyclic) bond motifs is 3. The molecule has 0 amide bonds. The van der Waals surface area contributed by atoms with Gasteiger partial charge in [0.15, 0.2) is 0 Å². The Morgan fingerprint density at radius 2 is 1.10 bits per heavy atom. The molecule has 7 heteroatoms. The molecule has 1 atom stereocenters. The van der Waals surface area contributed by atoms with Crippen molar-refractivity contribution in [2.45, 2.75) is 32.5 Å². The number of para-hydroxylation sites is 1. The van der Waals surface area contributed by atoms with Crippen LogP contribution in [0.5, 0.6) is 0 Å². The number of hydrogen-bond acceptors (Lipinski definition) is 4. The second kappa shape index (κ2) is 20.5. The topological polar surface area (TPSA) is 51.8 Å². The molecule has 0 saturated heterocycles. The molecule has 10 rings (SSSR count). The Morgan fingerprint density at radius 1 is 0.476 bits per heavy atom. The van der Waals surface area contributed by atoms with Gasteiger partial charge in [0, 0.05) is 72.1 Å². The number of rotatable bonds is 7. The summed E-state index contributed by atoms with van der Waals surface area (Å²) in [5.74, 6) is 0.0191. The zero-order valence-corrected chi connectivity index (χ0v) is 39.1. The Morgan fingerprint density at radius 3 is 1.71 bits per heavy atom. The Bertz CT molecular complexity index is 2960. The van der Waals surface area contributed by atoms with Crippen molar-refractivity contribution in [3.8, 4) is 44.9 Å². The molecule has 0 spiro atoms. The number of benzene rings is 6. The molecule has 4 aromatic heterocycles. The third-order valence-corrected chi connectivity index (χ3v) is 13.0. The second-order valence-electron chi connectivity index (χ2n) is 16.2. The van der Waals surface area contributed by atoms with Crippen LogP contribution in [-0.2, 0) is 20.1 Å². The van der Waals surface area contributed by atoms with Crippen LogP contribution in [0.15, 0.2) is 217 Å². The van der Waals surface area contributed by atoms with Crippen LogP contribution in [0.4, 0.5) is 4.39 Å². The van der Waals surface area contributed by atoms with Crippen molar-refractivity contribution in [1.82, 2.24) is 15.0 Å². The number of pyridine rings is 3. The van der Waals surface area contributed by atoms with Crippen molar-refractivity contribution < 1.29 is 28.9 Å². The van der Waals surface area contributed by atoms with Gasteiger partial charge in [0.1, 0.15) is 17.0 Å². The SMILES string of the molecule is CC(c1ccccc1)c1ccnc(-c2cccc3c2oc2cc(-c4ccc(F)cc4)ccc23)c1.C[Si](C)(C)c1ccc(-c2ccccc2)nc1.[Ir].c1ccc(-c2ccccn2)cc1. The van der Waals surface area contributed by atoms with Gasteiger partial charge < -0.3 is 4.42 Å². The molecular formula is C56H48FIrN3OSi. The summed E-state index contributed by atoms with van der Waals surface area (Å²) >= 11 is 0. The van der Waals surface area contributed by atoms with E-state index < -0.39 is 8.07 Å². The Kier molecular flexibility index (Phi) is 14.4. The minimum atomic E-state index is -1.22. The van der Waals surface area contributed by atoms with E-state index in [0.717, 1.165) is 61.3 Å². The van der Waals surface area contributed by atoms with Crippen molar-refractivity contribution in [2.24, 2.45) is 0 Å². The van der Waals surface area contributed by atoms with Crippen molar-refractivity contribution in [1.29, 1.82) is 0 Å². The third-order valence-electron chi connectivity index (χ3n) is 11.0. The van der Waals surface area contributed by atoms with Crippen molar-refractivity contribution >= 4 is 35.2 Å². The first kappa shape index (κ1) is 44.4. The fourth-order valence-corrected chi connectivity index (χ4v) is 8.41. The van der Waals surface area contributed by atoms with Gasteiger partial charge in [0.05, 0.1) is 25.2 Å². The van der Waals surface area contributed by atoms with Crippen LogP contribution in [0.2, 0.25) is 19.6 Å². The number of nitrogens with zero attached hydrogens (tertiary/aromatic N) is 3. The monoisotopic (exact) mass is 1020 g/mol. The first-order chi connectivity index (χ1) is 30.2. The van der Waals surface area contributed by atoms with E-state index in [4.69, 9.17) is 4.42 Å². The van der Waals surface area contributed by atoms with Crippen LogP contribution >= 0.6 is 0 Å². The normalized spacial score (nSPS) is 11.4. The molecule has 6 aromatic carbocycles. The van der Waals surface area contributed by atoms with Crippen LogP contribution in [-0.4, -0.2) is 23.0 Å². The average molecular weight is 1020 g/mol. The summed E-state index contributed by atoms with van der Waals surface area (Å²) in [6.45, 7) is 9.23. The molecule has 0 aliphatic carbocycles. The number of aromatic nitrogens is 3. The van der Waals surface area contributed by atoms with Gasteiger partial charge in [-0.15, -0.1) is 0 Å². The molecule has 10 aromatic rings. The van der Waals surface area contributed by atoms with Gasteiger partial charge in [0.2, 0.25) is 0 Å². The molecule has 1 radical (unpaired) electrons. The van der Waals surface area contributed by atoms with Gasteiger partial charge in [-0.05, 0) is 88.1 Å². The fourth-order valence-electron chi connectivity index (χ4n) is 7.38. The number of furan rings is 1. The van der Waals surface area contributed by atoms with E-state index in [0.29, 0.717) is 0 Å². The summed E-state index contributed by atoms with van der Waals surface area (Å²) in [6, 6.07) is 64.3. The van der Waals surface area contributed by atoms with Gasteiger partial charge >= 0.3 is 0 Å². The van der Waals surface area contributed by atoms with Crippen LogP contribution in [0.1, 0.15) is 24.0 Å². The van der Waals surface area contributed by atoms with E-state index in [1.807, 2.05) is 85.3 Å². The van der Waals surface area contributed by atoms with Crippen molar-refractivity contribution in [3.63, 3.8) is 0 Å². The maximum absolute atomic E-state index is 13.4. The molecule has 0 bridgehead atoms. The molecular weight excluding hydrogens is 970 g/mol. The maximum atomic E-state index is 13.4. The molecule has 0 saturated carbocycles. The summed E-state index contributed by atoms with van der Waals surface area (Å²) in [6.07, 6.45) is 5.72. The van der Waals surface area contributed by atoms with Crippen LogP contribution < -0.4 is 5.19 Å². The molecule has 63 heavy (non-hydrogen) atoms. The molecule has 0 N–H and O–H groups in total. The summed E-state index contributed by atoms with van der Waals surface area (Å²) < 4.78 is 19.7. The van der Waals surface area contributed by atoms with Crippen molar-refractivity contribution in [3.05, 3.63) is 230 Å². The summed E-state index contributed by atoms with van der Waals surface area (Å²) in [5.41, 5.74) is 12.4. The zero-order valence-electron chi connectivity index (χ0n) is 35.7. The third kappa shape index (κ3) is 10.9. The molecule has 4 heterocycles. The van der Waals surface area contributed by atoms with E-state index in [-0.39, 0.29) is 31.8 Å². The summed E-state index contributed by atoms with van der Waals surface area (Å²) in [4.78, 5) is 13.5. The van der Waals surface area contributed by atoms with E-state index in [1.165, 1.54) is 34.0 Å². The van der Waals surface area contributed by atoms with Gasteiger partial charge in [-0.2, -0.15) is 0 Å². The first-order valence-electron chi connectivity index (χ1n) is 20.9. The number of halogens is 1. The summed E-state index contributed by atoms with van der Waals surface area (Å²) in [7, 11) is -1.22. The molecule has 4 nitrogen and oxygen atoms in total. The maximum Gasteiger partial charge on any atom is 0.144 e. The van der Waals surface area contributed by atoms with E-state index in [2.05, 4.69) is 145 Å². The predicted molar refractivity (Wildman–Crippen MR) is 259 cm³/mol. The Balaban J connectivity index is 0.000000169. The Labute approximate surface area is 384 Å².